The van der Waals surface area contributed by atoms with E-state index >= 15 is 0 Å². The molecule has 3 N–H and O–H groups in total. The van der Waals surface area contributed by atoms with E-state index in [9.17, 15) is 13.6 Å². The maximum absolute atomic E-state index is 12.6. The molecule has 20 heavy (non-hydrogen) atoms. The van der Waals surface area contributed by atoms with Gasteiger partial charge in [-0.15, -0.1) is 0 Å². The molecule has 4 nitrogen and oxygen atoms in total. The Balaban J connectivity index is 2.21. The van der Waals surface area contributed by atoms with Gasteiger partial charge in [0.25, 0.3) is 6.43 Å². The van der Waals surface area contributed by atoms with Gasteiger partial charge in [0.2, 0.25) is 5.91 Å². The molecule has 0 spiro atoms. The fourth-order valence-electron chi connectivity index (χ4n) is 2.50. The molecule has 110 valence electrons. The minimum absolute atomic E-state index is 0.0468. The summed E-state index contributed by atoms with van der Waals surface area (Å²) < 4.78 is 25.1. The van der Waals surface area contributed by atoms with Crippen LogP contribution >= 0.6 is 0 Å². The lowest BCUT2D eigenvalue weighted by atomic mass is 10.0. The van der Waals surface area contributed by atoms with E-state index in [1.54, 1.807) is 12.1 Å². The zero-order chi connectivity index (χ0) is 14.5. The molecule has 1 aromatic rings. The van der Waals surface area contributed by atoms with Gasteiger partial charge >= 0.3 is 0 Å². The number of rotatable bonds is 4. The summed E-state index contributed by atoms with van der Waals surface area (Å²) in [5.74, 6) is -0.448. The van der Waals surface area contributed by atoms with Crippen molar-refractivity contribution in [2.24, 2.45) is 5.73 Å². The summed E-state index contributed by atoms with van der Waals surface area (Å²) in [6.45, 7) is 3.17. The number of nitrogens with zero attached hydrogens (tertiary/aromatic N) is 1. The zero-order valence-corrected chi connectivity index (χ0v) is 11.2. The number of nitrogens with two attached hydrogens (primary N) is 1. The maximum Gasteiger partial charge on any atom is 0.263 e. The number of benzene rings is 1. The van der Waals surface area contributed by atoms with Crippen LogP contribution < -0.4 is 11.1 Å². The summed E-state index contributed by atoms with van der Waals surface area (Å²) in [5.41, 5.74) is 6.12. The molecular formula is C14H19F2N3O. The Kier molecular flexibility index (Phi) is 5.03. The van der Waals surface area contributed by atoms with Gasteiger partial charge in [0.05, 0.1) is 0 Å². The van der Waals surface area contributed by atoms with Gasteiger partial charge in [-0.3, -0.25) is 9.69 Å². The van der Waals surface area contributed by atoms with Gasteiger partial charge in [-0.2, -0.15) is 0 Å². The number of carbonyl (C=O) groups is 1. The Morgan fingerprint density at radius 2 is 1.80 bits per heavy atom. The second-order valence-electron chi connectivity index (χ2n) is 4.91. The highest BCUT2D eigenvalue weighted by atomic mass is 19.3. The third-order valence-corrected chi connectivity index (χ3v) is 3.51. The van der Waals surface area contributed by atoms with Crippen LogP contribution in [0.5, 0.6) is 0 Å². The molecule has 1 aliphatic rings. The van der Waals surface area contributed by atoms with Crippen molar-refractivity contribution in [2.45, 2.75) is 18.9 Å². The van der Waals surface area contributed by atoms with Crippen molar-refractivity contribution in [3.8, 4) is 0 Å². The van der Waals surface area contributed by atoms with E-state index in [2.05, 4.69) is 5.32 Å². The number of amides is 1. The molecule has 6 heteroatoms. The Bertz CT molecular complexity index is 442. The first-order valence-corrected chi connectivity index (χ1v) is 6.71. The summed E-state index contributed by atoms with van der Waals surface area (Å²) in [4.78, 5) is 13.7. The molecular weight excluding hydrogens is 264 g/mol. The van der Waals surface area contributed by atoms with E-state index in [1.165, 1.54) is 12.1 Å². The Hall–Kier alpha value is -1.53. The first-order valence-electron chi connectivity index (χ1n) is 6.71. The van der Waals surface area contributed by atoms with Gasteiger partial charge in [0.15, 0.2) is 0 Å². The predicted octanol–water partition coefficient (Wildman–Crippen LogP) is 1.45. The maximum atomic E-state index is 12.6. The summed E-state index contributed by atoms with van der Waals surface area (Å²) in [5, 5.41) is 3.25. The SMILES string of the molecule is NC(=O)C(c1ccc(C(F)F)cc1)N1CCCNCC1. The molecule has 1 aliphatic heterocycles. The van der Waals surface area contributed by atoms with Crippen molar-refractivity contribution in [3.63, 3.8) is 0 Å². The van der Waals surface area contributed by atoms with Crippen LogP contribution in [0, 0.1) is 0 Å². The monoisotopic (exact) mass is 283 g/mol. The van der Waals surface area contributed by atoms with Crippen molar-refractivity contribution in [1.29, 1.82) is 0 Å². The van der Waals surface area contributed by atoms with Crippen LogP contribution in [0.1, 0.15) is 30.0 Å². The average molecular weight is 283 g/mol. The van der Waals surface area contributed by atoms with Gasteiger partial charge in [-0.05, 0) is 18.5 Å². The summed E-state index contributed by atoms with van der Waals surface area (Å²) in [6, 6.07) is 5.28. The number of hydrogen-bond donors (Lipinski definition) is 2. The summed E-state index contributed by atoms with van der Waals surface area (Å²) in [6.07, 6.45) is -1.57. The van der Waals surface area contributed by atoms with E-state index < -0.39 is 18.4 Å². The number of halogens is 2. The standard InChI is InChI=1S/C14H19F2N3O/c15-13(16)11-4-2-10(3-5-11)12(14(17)20)19-8-1-6-18-7-9-19/h2-5,12-13,18H,1,6-9H2,(H2,17,20). The van der Waals surface area contributed by atoms with Crippen LogP contribution in [0.15, 0.2) is 24.3 Å². The first kappa shape index (κ1) is 14.9. The van der Waals surface area contributed by atoms with E-state index in [-0.39, 0.29) is 5.56 Å². The summed E-state index contributed by atoms with van der Waals surface area (Å²) >= 11 is 0. The highest BCUT2D eigenvalue weighted by Crippen LogP contribution is 2.25. The van der Waals surface area contributed by atoms with Gasteiger partial charge in [-0.25, -0.2) is 8.78 Å². The van der Waals surface area contributed by atoms with Gasteiger partial charge in [-0.1, -0.05) is 24.3 Å². The minimum atomic E-state index is -2.50. The van der Waals surface area contributed by atoms with Crippen LogP contribution in [-0.2, 0) is 4.79 Å². The minimum Gasteiger partial charge on any atom is -0.368 e. The molecule has 1 aromatic carbocycles. The smallest absolute Gasteiger partial charge is 0.263 e. The van der Waals surface area contributed by atoms with Crippen LogP contribution in [0.3, 0.4) is 0 Å². The molecule has 1 unspecified atom stereocenters. The lowest BCUT2D eigenvalue weighted by molar-refractivity contribution is -0.123. The van der Waals surface area contributed by atoms with Gasteiger partial charge < -0.3 is 11.1 Å². The van der Waals surface area contributed by atoms with E-state index in [0.717, 1.165) is 26.1 Å². The lowest BCUT2D eigenvalue weighted by Crippen LogP contribution is -2.39. The number of nitrogens with one attached hydrogen (secondary N) is 1. The topological polar surface area (TPSA) is 58.4 Å². The molecule has 1 atom stereocenters. The lowest BCUT2D eigenvalue weighted by Gasteiger charge is -2.28. The normalized spacial score (nSPS) is 18.8. The number of alkyl halides is 2. The third kappa shape index (κ3) is 3.52. The van der Waals surface area contributed by atoms with Crippen molar-refractivity contribution < 1.29 is 13.6 Å². The third-order valence-electron chi connectivity index (χ3n) is 3.51. The Morgan fingerprint density at radius 3 is 2.40 bits per heavy atom. The van der Waals surface area contributed by atoms with Crippen molar-refractivity contribution >= 4 is 5.91 Å². The first-order chi connectivity index (χ1) is 9.59. The van der Waals surface area contributed by atoms with E-state index in [1.807, 2.05) is 4.90 Å². The van der Waals surface area contributed by atoms with Crippen molar-refractivity contribution in [1.82, 2.24) is 10.2 Å². The second kappa shape index (κ2) is 6.76. The van der Waals surface area contributed by atoms with Crippen LogP contribution in [0.25, 0.3) is 0 Å². The predicted molar refractivity (Wildman–Crippen MR) is 72.4 cm³/mol. The van der Waals surface area contributed by atoms with Crippen LogP contribution in [0.4, 0.5) is 8.78 Å². The molecule has 0 bridgehead atoms. The largest absolute Gasteiger partial charge is 0.368 e. The Labute approximate surface area is 116 Å². The summed E-state index contributed by atoms with van der Waals surface area (Å²) in [7, 11) is 0. The quantitative estimate of drug-likeness (QED) is 0.879. The highest BCUT2D eigenvalue weighted by Gasteiger charge is 2.26. The molecule has 1 amide bonds. The average Bonchev–Trinajstić information content (AvgIpc) is 2.68. The Morgan fingerprint density at radius 1 is 1.15 bits per heavy atom. The van der Waals surface area contributed by atoms with Crippen molar-refractivity contribution in [2.75, 3.05) is 26.2 Å². The van der Waals surface area contributed by atoms with E-state index in [4.69, 9.17) is 5.73 Å². The molecule has 0 radical (unpaired) electrons. The van der Waals surface area contributed by atoms with Crippen LogP contribution in [-0.4, -0.2) is 37.0 Å². The molecule has 0 aliphatic carbocycles. The number of primary amides is 1. The second-order valence-corrected chi connectivity index (χ2v) is 4.91. The molecule has 0 saturated carbocycles. The molecule has 1 saturated heterocycles. The molecule has 1 fully saturated rings. The van der Waals surface area contributed by atoms with Gasteiger partial charge in [0, 0.05) is 25.2 Å². The zero-order valence-electron chi connectivity index (χ0n) is 11.2. The fraction of sp³-hybridized carbons (Fsp3) is 0.500. The van der Waals surface area contributed by atoms with Crippen LogP contribution in [0.2, 0.25) is 0 Å². The van der Waals surface area contributed by atoms with Crippen molar-refractivity contribution in [3.05, 3.63) is 35.4 Å². The molecule has 2 rings (SSSR count). The molecule has 0 aromatic heterocycles. The van der Waals surface area contributed by atoms with E-state index in [0.29, 0.717) is 12.1 Å². The fourth-order valence-corrected chi connectivity index (χ4v) is 2.50. The van der Waals surface area contributed by atoms with Gasteiger partial charge in [0.1, 0.15) is 6.04 Å². The molecule has 1 heterocycles. The number of hydrogen-bond acceptors (Lipinski definition) is 3. The number of carbonyl (C=O) groups excluding carboxylic acids is 1. The highest BCUT2D eigenvalue weighted by molar-refractivity contribution is 5.81.